The van der Waals surface area contributed by atoms with Crippen molar-refractivity contribution in [3.8, 4) is 0 Å². The summed E-state index contributed by atoms with van der Waals surface area (Å²) in [4.78, 5) is 22.8. The van der Waals surface area contributed by atoms with Gasteiger partial charge >= 0.3 is 12.1 Å². The van der Waals surface area contributed by atoms with Gasteiger partial charge < -0.3 is 14.8 Å². The minimum absolute atomic E-state index is 0.130. The van der Waals surface area contributed by atoms with Gasteiger partial charge in [0.15, 0.2) is 0 Å². The third kappa shape index (κ3) is 5.14. The highest BCUT2D eigenvalue weighted by molar-refractivity contribution is 5.89. The molecule has 1 atom stereocenters. The maximum atomic E-state index is 11.4. The van der Waals surface area contributed by atoms with Crippen molar-refractivity contribution < 1.29 is 19.1 Å². The number of rotatable bonds is 5. The lowest BCUT2D eigenvalue weighted by atomic mass is 10.0. The molecule has 0 aromatic heterocycles. The molecule has 0 spiro atoms. The lowest BCUT2D eigenvalue weighted by Gasteiger charge is -2.14. The molecule has 0 unspecified atom stereocenters. The van der Waals surface area contributed by atoms with E-state index in [1.54, 1.807) is 25.1 Å². The molecule has 0 saturated carbocycles. The second kappa shape index (κ2) is 7.33. The zero-order valence-corrected chi connectivity index (χ0v) is 11.9. The monoisotopic (exact) mass is 277 g/mol. The molecule has 1 N–H and O–H groups in total. The molecule has 108 valence electrons. The largest absolute Gasteiger partial charge is 0.465 e. The minimum atomic E-state index is -0.533. The summed E-state index contributed by atoms with van der Waals surface area (Å²) >= 11 is 0. The third-order valence-corrected chi connectivity index (χ3v) is 2.52. The summed E-state index contributed by atoms with van der Waals surface area (Å²) < 4.78 is 9.49. The van der Waals surface area contributed by atoms with Crippen molar-refractivity contribution in [1.29, 1.82) is 0 Å². The fourth-order valence-electron chi connectivity index (χ4n) is 1.74. The molecule has 0 fully saturated rings. The highest BCUT2D eigenvalue weighted by Gasteiger charge is 2.11. The number of amides is 1. The molecule has 0 aliphatic heterocycles. The van der Waals surface area contributed by atoms with Crippen molar-refractivity contribution >= 4 is 12.1 Å². The van der Waals surface area contributed by atoms with Crippen LogP contribution in [-0.2, 0) is 15.9 Å². The number of ether oxygens (including phenoxy) is 2. The number of carbonyl (C=O) groups excluding carboxylic acids is 2. The van der Waals surface area contributed by atoms with Crippen molar-refractivity contribution in [2.75, 3.05) is 7.11 Å². The number of hydrogen-bond acceptors (Lipinski definition) is 4. The fourth-order valence-corrected chi connectivity index (χ4v) is 1.74. The second-order valence-corrected chi connectivity index (χ2v) is 4.53. The van der Waals surface area contributed by atoms with Crippen LogP contribution in [0.1, 0.15) is 29.8 Å². The highest BCUT2D eigenvalue weighted by Crippen LogP contribution is 2.09. The van der Waals surface area contributed by atoms with Crippen LogP contribution in [0.15, 0.2) is 36.6 Å². The summed E-state index contributed by atoms with van der Waals surface area (Å²) in [6.07, 6.45) is 0.0463. The summed E-state index contributed by atoms with van der Waals surface area (Å²) in [5.41, 5.74) is 1.41. The number of benzene rings is 1. The van der Waals surface area contributed by atoms with Crippen LogP contribution in [0.2, 0.25) is 0 Å². The second-order valence-electron chi connectivity index (χ2n) is 4.53. The minimum Gasteiger partial charge on any atom is -0.465 e. The van der Waals surface area contributed by atoms with E-state index in [2.05, 4.69) is 16.6 Å². The molecular formula is C15H19NO4. The first-order valence-corrected chi connectivity index (χ1v) is 6.23. The normalized spacial score (nSPS) is 11.3. The van der Waals surface area contributed by atoms with E-state index in [-0.39, 0.29) is 12.0 Å². The van der Waals surface area contributed by atoms with Gasteiger partial charge in [0.2, 0.25) is 0 Å². The lowest BCUT2D eigenvalue weighted by Crippen LogP contribution is -2.34. The van der Waals surface area contributed by atoms with Crippen LogP contribution < -0.4 is 5.32 Å². The Labute approximate surface area is 118 Å². The molecule has 0 bridgehead atoms. The van der Waals surface area contributed by atoms with Crippen molar-refractivity contribution in [3.63, 3.8) is 0 Å². The molecule has 0 heterocycles. The Morgan fingerprint density at radius 3 is 2.70 bits per heavy atom. The highest BCUT2D eigenvalue weighted by atomic mass is 16.6. The van der Waals surface area contributed by atoms with Crippen molar-refractivity contribution in [2.24, 2.45) is 0 Å². The first kappa shape index (κ1) is 15.8. The van der Waals surface area contributed by atoms with E-state index in [0.29, 0.717) is 17.7 Å². The van der Waals surface area contributed by atoms with Gasteiger partial charge in [0.1, 0.15) is 0 Å². The Bertz CT molecular complexity index is 510. The predicted molar refractivity (Wildman–Crippen MR) is 75.4 cm³/mol. The van der Waals surface area contributed by atoms with Crippen LogP contribution in [0.3, 0.4) is 0 Å². The molecule has 20 heavy (non-hydrogen) atoms. The van der Waals surface area contributed by atoms with E-state index in [1.807, 2.05) is 13.0 Å². The van der Waals surface area contributed by atoms with Crippen LogP contribution in [0.4, 0.5) is 4.79 Å². The van der Waals surface area contributed by atoms with Crippen LogP contribution in [-0.4, -0.2) is 25.2 Å². The molecule has 0 aliphatic rings. The number of carbonyl (C=O) groups is 2. The molecule has 0 radical (unpaired) electrons. The van der Waals surface area contributed by atoms with E-state index in [0.717, 1.165) is 5.56 Å². The molecule has 5 heteroatoms. The molecule has 1 amide bonds. The Morgan fingerprint density at radius 2 is 2.10 bits per heavy atom. The van der Waals surface area contributed by atoms with Crippen LogP contribution in [0.25, 0.3) is 0 Å². The van der Waals surface area contributed by atoms with E-state index in [9.17, 15) is 9.59 Å². The molecule has 1 aromatic carbocycles. The average Bonchev–Trinajstić information content (AvgIpc) is 2.36. The van der Waals surface area contributed by atoms with Crippen molar-refractivity contribution in [2.45, 2.75) is 26.3 Å². The summed E-state index contributed by atoms with van der Waals surface area (Å²) in [6, 6.07) is 6.96. The summed E-state index contributed by atoms with van der Waals surface area (Å²) in [6.45, 7) is 6.95. The van der Waals surface area contributed by atoms with Crippen molar-refractivity contribution in [1.82, 2.24) is 5.32 Å². The van der Waals surface area contributed by atoms with Gasteiger partial charge in [-0.3, -0.25) is 0 Å². The third-order valence-electron chi connectivity index (χ3n) is 2.52. The topological polar surface area (TPSA) is 64.6 Å². The molecule has 0 aliphatic carbocycles. The van der Waals surface area contributed by atoms with Gasteiger partial charge in [-0.2, -0.15) is 0 Å². The summed E-state index contributed by atoms with van der Waals surface area (Å²) in [5.74, 6) is -0.0449. The maximum Gasteiger partial charge on any atom is 0.412 e. The number of esters is 1. The van der Waals surface area contributed by atoms with Crippen LogP contribution in [0.5, 0.6) is 0 Å². The summed E-state index contributed by atoms with van der Waals surface area (Å²) in [5, 5.41) is 2.68. The van der Waals surface area contributed by atoms with Gasteiger partial charge in [0.25, 0.3) is 0 Å². The Balaban J connectivity index is 2.62. The zero-order valence-electron chi connectivity index (χ0n) is 11.9. The molecule has 1 rings (SSSR count). The smallest absolute Gasteiger partial charge is 0.412 e. The molecule has 5 nitrogen and oxygen atoms in total. The SMILES string of the molecule is C=C(C)OC(=O)N[C@H](C)Cc1cccc(C(=O)OC)c1. The number of hydrogen-bond donors (Lipinski definition) is 1. The van der Waals surface area contributed by atoms with E-state index >= 15 is 0 Å². The Morgan fingerprint density at radius 1 is 1.40 bits per heavy atom. The van der Waals surface area contributed by atoms with Crippen molar-refractivity contribution in [3.05, 3.63) is 47.7 Å². The van der Waals surface area contributed by atoms with Gasteiger partial charge in [0.05, 0.1) is 18.4 Å². The maximum absolute atomic E-state index is 11.4. The Hall–Kier alpha value is -2.30. The first-order valence-electron chi connectivity index (χ1n) is 6.23. The average molecular weight is 277 g/mol. The molecule has 1 aromatic rings. The van der Waals surface area contributed by atoms with Gasteiger partial charge in [-0.15, -0.1) is 0 Å². The van der Waals surface area contributed by atoms with Gasteiger partial charge in [-0.05, 0) is 38.0 Å². The number of alkyl carbamates (subject to hydrolysis) is 1. The number of allylic oxidation sites excluding steroid dienone is 1. The quantitative estimate of drug-likeness (QED) is 0.664. The zero-order chi connectivity index (χ0) is 15.1. The van der Waals surface area contributed by atoms with E-state index in [4.69, 9.17) is 4.74 Å². The molecular weight excluding hydrogens is 258 g/mol. The first-order chi connectivity index (χ1) is 9.42. The predicted octanol–water partition coefficient (Wildman–Crippen LogP) is 2.66. The fraction of sp³-hybridized carbons (Fsp3) is 0.333. The standard InChI is InChI=1S/C15H19NO4/c1-10(2)20-15(18)16-11(3)8-12-6-5-7-13(9-12)14(17)19-4/h5-7,9,11H,1,8H2,2-4H3,(H,16,18)/t11-/m1/s1. The number of methoxy groups -OCH3 is 1. The lowest BCUT2D eigenvalue weighted by molar-refractivity contribution is 0.0600. The van der Waals surface area contributed by atoms with Crippen LogP contribution >= 0.6 is 0 Å². The van der Waals surface area contributed by atoms with Gasteiger partial charge in [-0.25, -0.2) is 9.59 Å². The van der Waals surface area contributed by atoms with E-state index < -0.39 is 6.09 Å². The van der Waals surface area contributed by atoms with E-state index in [1.165, 1.54) is 7.11 Å². The summed E-state index contributed by atoms with van der Waals surface area (Å²) in [7, 11) is 1.34. The number of nitrogens with one attached hydrogen (secondary N) is 1. The Kier molecular flexibility index (Phi) is 5.77. The van der Waals surface area contributed by atoms with Gasteiger partial charge in [-0.1, -0.05) is 18.7 Å². The van der Waals surface area contributed by atoms with Crippen LogP contribution in [0, 0.1) is 0 Å². The molecule has 0 saturated heterocycles. The van der Waals surface area contributed by atoms with Gasteiger partial charge in [0, 0.05) is 6.04 Å².